The van der Waals surface area contributed by atoms with Crippen LogP contribution < -0.4 is 17.2 Å². The van der Waals surface area contributed by atoms with E-state index < -0.39 is 12.0 Å². The fourth-order valence-corrected chi connectivity index (χ4v) is 0.643. The van der Waals surface area contributed by atoms with Crippen molar-refractivity contribution in [2.75, 3.05) is 6.54 Å². The highest BCUT2D eigenvalue weighted by atomic mass is 35.5. The summed E-state index contributed by atoms with van der Waals surface area (Å²) in [6, 6.07) is -0.820. The van der Waals surface area contributed by atoms with Gasteiger partial charge in [-0.15, -0.1) is 0 Å². The number of halogens is 1. The van der Waals surface area contributed by atoms with Gasteiger partial charge < -0.3 is 22.3 Å². The lowest BCUT2D eigenvalue weighted by Crippen LogP contribution is -2.30. The molecule has 0 fully saturated rings. The molecule has 0 radical (unpaired) electrons. The lowest BCUT2D eigenvalue weighted by Gasteiger charge is -2.03. The summed E-state index contributed by atoms with van der Waals surface area (Å²) in [7, 11) is 0. The summed E-state index contributed by atoms with van der Waals surface area (Å²) in [5.74, 6) is -0.987. The highest BCUT2D eigenvalue weighted by Crippen LogP contribution is 1.94. The maximum atomic E-state index is 10.2. The van der Waals surface area contributed by atoms with E-state index in [1.165, 1.54) is 0 Å². The number of nitrogens with two attached hydrogens (primary N) is 3. The van der Waals surface area contributed by atoms with Crippen molar-refractivity contribution in [2.45, 2.75) is 18.9 Å². The van der Waals surface area contributed by atoms with Gasteiger partial charge in [-0.3, -0.25) is 14.4 Å². The third-order valence-electron chi connectivity index (χ3n) is 1.28. The third kappa shape index (κ3) is 11.0. The second-order valence-corrected chi connectivity index (χ2v) is 2.39. The first-order valence-corrected chi connectivity index (χ1v) is 4.08. The molecule has 7 nitrogen and oxygen atoms in total. The fourth-order valence-electron chi connectivity index (χ4n) is 0.643. The predicted molar refractivity (Wildman–Crippen MR) is 53.6 cm³/mol. The zero-order chi connectivity index (χ0) is 11.6. The summed E-state index contributed by atoms with van der Waals surface area (Å²) in [5, 5.41) is 8.38. The van der Waals surface area contributed by atoms with Crippen LogP contribution in [0.15, 0.2) is 4.99 Å². The van der Waals surface area contributed by atoms with Gasteiger partial charge in [0.25, 0.3) is 0 Å². The molecule has 0 aliphatic carbocycles. The average Bonchev–Trinajstić information content (AvgIpc) is 2.15. The number of carbonyl (C=O) groups is 1. The van der Waals surface area contributed by atoms with Gasteiger partial charge in [0, 0.05) is 6.54 Å². The smallest absolute Gasteiger partial charge is 0.320 e. The molecule has 1 atom stereocenters. The van der Waals surface area contributed by atoms with E-state index in [0.29, 0.717) is 19.4 Å². The van der Waals surface area contributed by atoms with Gasteiger partial charge in [-0.1, -0.05) is 0 Å². The molecule has 84 valence electrons. The third-order valence-corrected chi connectivity index (χ3v) is 1.28. The molecule has 8 heteroatoms. The zero-order valence-corrected chi connectivity index (χ0v) is 8.31. The number of guanidine groups is 1. The van der Waals surface area contributed by atoms with Crippen LogP contribution in [0, 0.1) is 0 Å². The average molecular weight is 227 g/mol. The number of aliphatic carboxylic acids is 1. The van der Waals surface area contributed by atoms with Crippen molar-refractivity contribution in [1.29, 1.82) is 0 Å². The van der Waals surface area contributed by atoms with Crippen molar-refractivity contribution in [3.63, 3.8) is 0 Å². The Morgan fingerprint density at radius 3 is 2.29 bits per heavy atom. The maximum absolute atomic E-state index is 10.2. The molecule has 0 aliphatic rings. The first kappa shape index (κ1) is 15.4. The van der Waals surface area contributed by atoms with Crippen molar-refractivity contribution in [2.24, 2.45) is 22.2 Å². The van der Waals surface area contributed by atoms with Gasteiger partial charge in [0.1, 0.15) is 6.04 Å². The Morgan fingerprint density at radius 1 is 1.43 bits per heavy atom. The van der Waals surface area contributed by atoms with E-state index >= 15 is 0 Å². The van der Waals surface area contributed by atoms with Crippen LogP contribution in [0.3, 0.4) is 0 Å². The Kier molecular flexibility index (Phi) is 11.1. The number of hydrogen-bond acceptors (Lipinski definition) is 4. The van der Waals surface area contributed by atoms with Crippen molar-refractivity contribution in [3.05, 3.63) is 0 Å². The number of aliphatic imine (C=N–C) groups is 1. The van der Waals surface area contributed by atoms with Gasteiger partial charge in [0.2, 0.25) is 0 Å². The second-order valence-electron chi connectivity index (χ2n) is 2.39. The van der Waals surface area contributed by atoms with Crippen LogP contribution in [0.5, 0.6) is 0 Å². The van der Waals surface area contributed by atoms with Crippen LogP contribution in [0.4, 0.5) is 0 Å². The van der Waals surface area contributed by atoms with Gasteiger partial charge in [-0.25, -0.2) is 0 Å². The topological polar surface area (TPSA) is 148 Å². The minimum atomic E-state index is -1.00. The Balaban J connectivity index is 0. The predicted octanol–water partition coefficient (Wildman–Crippen LogP) is -1.42. The summed E-state index contributed by atoms with van der Waals surface area (Å²) in [6.07, 6.45) is 0.956. The molecule has 8 N–H and O–H groups in total. The molecule has 0 amide bonds. The molecule has 0 aliphatic heterocycles. The van der Waals surface area contributed by atoms with Crippen LogP contribution in [-0.2, 0) is 4.79 Å². The van der Waals surface area contributed by atoms with E-state index in [2.05, 4.69) is 16.9 Å². The van der Waals surface area contributed by atoms with E-state index in [9.17, 15) is 4.79 Å². The van der Waals surface area contributed by atoms with E-state index in [0.717, 1.165) is 0 Å². The van der Waals surface area contributed by atoms with E-state index in [1.54, 1.807) is 0 Å². The zero-order valence-electron chi connectivity index (χ0n) is 7.56. The first-order chi connectivity index (χ1) is 6.54. The first-order valence-electron chi connectivity index (χ1n) is 3.74. The van der Waals surface area contributed by atoms with Gasteiger partial charge in [-0.05, 0) is 12.8 Å². The highest BCUT2D eigenvalue weighted by molar-refractivity contribution is 6.04. The molecular weight excluding hydrogens is 212 g/mol. The normalized spacial score (nSPS) is 10.8. The molecule has 0 unspecified atom stereocenters. The Labute approximate surface area is 86.7 Å². The monoisotopic (exact) mass is 226 g/mol. The molecular formula is C6H15ClN4O3. The summed E-state index contributed by atoms with van der Waals surface area (Å²) in [4.78, 5) is 13.9. The number of hydrogen-bond donors (Lipinski definition) is 5. The van der Waals surface area contributed by atoms with Crippen LogP contribution >= 0.6 is 11.9 Å². The molecule has 0 spiro atoms. The fraction of sp³-hybridized carbons (Fsp3) is 0.667. The number of carboxylic acids is 1. The van der Waals surface area contributed by atoms with Gasteiger partial charge in [0.15, 0.2) is 5.96 Å². The summed E-state index contributed by atoms with van der Waals surface area (Å²) >= 11 is 3.64. The molecule has 0 saturated heterocycles. The molecule has 0 bridgehead atoms. The Hall–Kier alpha value is -1.05. The van der Waals surface area contributed by atoms with Crippen molar-refractivity contribution in [1.82, 2.24) is 0 Å². The molecule has 0 rings (SSSR count). The minimum absolute atomic E-state index is 0.0129. The van der Waals surface area contributed by atoms with Gasteiger partial charge in [-0.2, -0.15) is 0 Å². The molecule has 0 aromatic rings. The summed E-state index contributed by atoms with van der Waals surface area (Å²) in [6.45, 7) is 0.420. The lowest BCUT2D eigenvalue weighted by molar-refractivity contribution is -0.138. The van der Waals surface area contributed by atoms with E-state index in [-0.39, 0.29) is 5.96 Å². The molecule has 14 heavy (non-hydrogen) atoms. The molecule has 0 saturated carbocycles. The maximum Gasteiger partial charge on any atom is 0.320 e. The Morgan fingerprint density at radius 2 is 1.93 bits per heavy atom. The summed E-state index contributed by atoms with van der Waals surface area (Å²) < 4.78 is 6.47. The molecule has 0 aromatic carbocycles. The van der Waals surface area contributed by atoms with E-state index in [4.69, 9.17) is 27.0 Å². The van der Waals surface area contributed by atoms with Crippen molar-refractivity contribution < 1.29 is 14.6 Å². The second kappa shape index (κ2) is 10.0. The largest absolute Gasteiger partial charge is 0.480 e. The highest BCUT2D eigenvalue weighted by Gasteiger charge is 2.09. The summed E-state index contributed by atoms with van der Waals surface area (Å²) in [5.41, 5.74) is 15.3. The lowest BCUT2D eigenvalue weighted by atomic mass is 10.2. The van der Waals surface area contributed by atoms with Crippen molar-refractivity contribution in [3.8, 4) is 0 Å². The van der Waals surface area contributed by atoms with Crippen molar-refractivity contribution >= 4 is 23.8 Å². The van der Waals surface area contributed by atoms with Crippen LogP contribution in [0.2, 0.25) is 0 Å². The van der Waals surface area contributed by atoms with Gasteiger partial charge >= 0.3 is 5.97 Å². The van der Waals surface area contributed by atoms with Crippen LogP contribution in [0.1, 0.15) is 12.8 Å². The number of rotatable bonds is 5. The van der Waals surface area contributed by atoms with Gasteiger partial charge in [0.05, 0.1) is 11.9 Å². The minimum Gasteiger partial charge on any atom is -0.480 e. The standard InChI is InChI=1S/C6H14N4O2.ClHO/c7-4(5(11)12)2-1-3-10-6(8)9;1-2/h4H,1-3,7H2,(H,11,12)(H4,8,9,10);2H/t4-;/m0./s1. The quantitative estimate of drug-likeness (QED) is 0.221. The Bertz CT molecular complexity index is 184. The number of nitrogens with zero attached hydrogens (tertiary/aromatic N) is 1. The molecule has 0 aromatic heterocycles. The SMILES string of the molecule is NC(N)=NCCC[C@H](N)C(=O)O.OCl. The van der Waals surface area contributed by atoms with E-state index in [1.807, 2.05) is 0 Å². The van der Waals surface area contributed by atoms with Crippen LogP contribution in [0.25, 0.3) is 0 Å². The molecule has 0 heterocycles. The van der Waals surface area contributed by atoms with Crippen LogP contribution in [-0.4, -0.2) is 34.3 Å². The number of carboxylic acid groups (broad SMARTS) is 1.